The summed E-state index contributed by atoms with van der Waals surface area (Å²) < 4.78 is 40.8. The maximum atomic E-state index is 14.0. The van der Waals surface area contributed by atoms with Crippen LogP contribution < -0.4 is 10.2 Å². The minimum Gasteiger partial charge on any atom is -0.323 e. The molecule has 144 valence electrons. The number of carbonyl (C=O) groups excluding carboxylic acids is 2. The first kappa shape index (κ1) is 17.5. The second kappa shape index (κ2) is 6.20. The molecule has 0 aromatic heterocycles. The molecule has 2 heterocycles. The number of nitrogens with one attached hydrogen (secondary N) is 1. The number of nitrogens with zero attached hydrogens (tertiary/aromatic N) is 1. The SMILES string of the molecule is O=C(Nc1ccc(F)cc1F)C1C(=O)N2c3ccc(F)cc3Cc3cccc1c32. The molecule has 5 rings (SSSR count). The maximum Gasteiger partial charge on any atom is 0.248 e. The summed E-state index contributed by atoms with van der Waals surface area (Å²) in [4.78, 5) is 27.5. The van der Waals surface area contributed by atoms with Gasteiger partial charge in [0.1, 0.15) is 23.4 Å². The summed E-state index contributed by atoms with van der Waals surface area (Å²) in [6, 6.07) is 12.2. The highest BCUT2D eigenvalue weighted by Gasteiger charge is 2.46. The van der Waals surface area contributed by atoms with E-state index in [-0.39, 0.29) is 5.69 Å². The lowest BCUT2D eigenvalue weighted by atomic mass is 9.93. The summed E-state index contributed by atoms with van der Waals surface area (Å²) in [6.45, 7) is 0. The second-order valence-electron chi connectivity index (χ2n) is 7.02. The van der Waals surface area contributed by atoms with Crippen molar-refractivity contribution in [3.8, 4) is 0 Å². The first-order chi connectivity index (χ1) is 13.9. The Balaban J connectivity index is 1.57. The largest absolute Gasteiger partial charge is 0.323 e. The number of carbonyl (C=O) groups is 2. The van der Waals surface area contributed by atoms with E-state index in [0.717, 1.165) is 17.7 Å². The van der Waals surface area contributed by atoms with Crippen LogP contribution in [0.3, 0.4) is 0 Å². The number of fused-ring (bicyclic) bond motifs is 2. The van der Waals surface area contributed by atoms with E-state index >= 15 is 0 Å². The first-order valence-electron chi connectivity index (χ1n) is 8.94. The fourth-order valence-electron chi connectivity index (χ4n) is 4.04. The van der Waals surface area contributed by atoms with Crippen molar-refractivity contribution in [3.05, 3.63) is 88.7 Å². The van der Waals surface area contributed by atoms with Crippen molar-refractivity contribution < 1.29 is 22.8 Å². The van der Waals surface area contributed by atoms with Crippen LogP contribution in [0.1, 0.15) is 22.6 Å². The Labute approximate surface area is 163 Å². The van der Waals surface area contributed by atoms with Crippen LogP contribution in [-0.2, 0) is 16.0 Å². The van der Waals surface area contributed by atoms with E-state index in [1.807, 2.05) is 6.07 Å². The Hall–Kier alpha value is -3.61. The smallest absolute Gasteiger partial charge is 0.248 e. The average Bonchev–Trinajstić information content (AvgIpc) is 2.98. The third-order valence-electron chi connectivity index (χ3n) is 5.27. The molecule has 2 amide bonds. The van der Waals surface area contributed by atoms with Crippen LogP contribution in [0, 0.1) is 17.5 Å². The number of amides is 2. The van der Waals surface area contributed by atoms with E-state index in [1.54, 1.807) is 12.1 Å². The van der Waals surface area contributed by atoms with Gasteiger partial charge < -0.3 is 5.32 Å². The monoisotopic (exact) mass is 394 g/mol. The summed E-state index contributed by atoms with van der Waals surface area (Å²) in [7, 11) is 0. The van der Waals surface area contributed by atoms with Crippen molar-refractivity contribution in [1.82, 2.24) is 0 Å². The van der Waals surface area contributed by atoms with Crippen molar-refractivity contribution in [1.29, 1.82) is 0 Å². The molecule has 1 atom stereocenters. The second-order valence-corrected chi connectivity index (χ2v) is 7.02. The summed E-state index contributed by atoms with van der Waals surface area (Å²) in [5.74, 6) is -4.51. The molecule has 29 heavy (non-hydrogen) atoms. The van der Waals surface area contributed by atoms with Gasteiger partial charge in [0.2, 0.25) is 11.8 Å². The summed E-state index contributed by atoms with van der Waals surface area (Å²) in [5, 5.41) is 2.38. The van der Waals surface area contributed by atoms with Crippen LogP contribution in [0.15, 0.2) is 54.6 Å². The molecule has 0 radical (unpaired) electrons. The molecule has 0 saturated carbocycles. The van der Waals surface area contributed by atoms with E-state index in [4.69, 9.17) is 0 Å². The molecule has 0 aliphatic carbocycles. The van der Waals surface area contributed by atoms with E-state index in [0.29, 0.717) is 35.0 Å². The third-order valence-corrected chi connectivity index (χ3v) is 5.27. The molecule has 7 heteroatoms. The summed E-state index contributed by atoms with van der Waals surface area (Å²) in [5.41, 5.74) is 2.88. The van der Waals surface area contributed by atoms with Gasteiger partial charge in [-0.2, -0.15) is 0 Å². The predicted molar refractivity (Wildman–Crippen MR) is 101 cm³/mol. The van der Waals surface area contributed by atoms with Crippen LogP contribution in [0.2, 0.25) is 0 Å². The van der Waals surface area contributed by atoms with Gasteiger partial charge in [-0.1, -0.05) is 18.2 Å². The minimum absolute atomic E-state index is 0.210. The van der Waals surface area contributed by atoms with Gasteiger partial charge in [0.15, 0.2) is 0 Å². The summed E-state index contributed by atoms with van der Waals surface area (Å²) in [6.07, 6.45) is 0.432. The fourth-order valence-corrected chi connectivity index (χ4v) is 4.04. The molecule has 0 fully saturated rings. The number of rotatable bonds is 2. The average molecular weight is 394 g/mol. The molecule has 3 aromatic rings. The Bertz CT molecular complexity index is 1210. The number of para-hydroxylation sites is 1. The molecule has 0 bridgehead atoms. The number of benzene rings is 3. The molecular formula is C22H13F3N2O2. The van der Waals surface area contributed by atoms with E-state index in [2.05, 4.69) is 5.32 Å². The normalized spacial score (nSPS) is 16.4. The minimum atomic E-state index is -1.19. The zero-order valence-electron chi connectivity index (χ0n) is 14.9. The quantitative estimate of drug-likeness (QED) is 0.655. The summed E-state index contributed by atoms with van der Waals surface area (Å²) >= 11 is 0. The van der Waals surface area contributed by atoms with Crippen molar-refractivity contribution in [3.63, 3.8) is 0 Å². The van der Waals surface area contributed by atoms with Gasteiger partial charge >= 0.3 is 0 Å². The zero-order valence-corrected chi connectivity index (χ0v) is 14.9. The van der Waals surface area contributed by atoms with Gasteiger partial charge in [0.25, 0.3) is 0 Å². The van der Waals surface area contributed by atoms with E-state index in [9.17, 15) is 22.8 Å². The molecule has 1 N–H and O–H groups in total. The molecule has 4 nitrogen and oxygen atoms in total. The van der Waals surface area contributed by atoms with Crippen LogP contribution in [-0.4, -0.2) is 11.8 Å². The van der Waals surface area contributed by atoms with Crippen molar-refractivity contribution in [2.24, 2.45) is 0 Å². The van der Waals surface area contributed by atoms with Crippen LogP contribution >= 0.6 is 0 Å². The zero-order chi connectivity index (χ0) is 20.3. The molecule has 0 spiro atoms. The highest BCUT2D eigenvalue weighted by molar-refractivity contribution is 6.24. The standard InChI is InChI=1S/C22H13F3N2O2/c23-13-5-7-18-12(9-13)8-11-2-1-3-15-19(22(29)27(18)20(11)15)21(28)26-17-6-4-14(24)10-16(17)25/h1-7,9-10,19H,8H2,(H,26,28). The highest BCUT2D eigenvalue weighted by Crippen LogP contribution is 2.49. The number of hydrogen-bond donors (Lipinski definition) is 1. The molecule has 1 unspecified atom stereocenters. The Morgan fingerprint density at radius 3 is 2.52 bits per heavy atom. The Morgan fingerprint density at radius 1 is 0.966 bits per heavy atom. The lowest BCUT2D eigenvalue weighted by molar-refractivity contribution is -0.126. The molecule has 0 saturated heterocycles. The topological polar surface area (TPSA) is 49.4 Å². The third kappa shape index (κ3) is 2.61. The van der Waals surface area contributed by atoms with Gasteiger partial charge in [-0.25, -0.2) is 13.2 Å². The maximum absolute atomic E-state index is 14.0. The van der Waals surface area contributed by atoms with Gasteiger partial charge in [-0.05, 0) is 47.0 Å². The molecular weight excluding hydrogens is 381 g/mol. The highest BCUT2D eigenvalue weighted by atomic mass is 19.1. The van der Waals surface area contributed by atoms with Crippen LogP contribution in [0.5, 0.6) is 0 Å². The number of hydrogen-bond acceptors (Lipinski definition) is 2. The van der Waals surface area contributed by atoms with Gasteiger partial charge in [-0.3, -0.25) is 14.5 Å². The van der Waals surface area contributed by atoms with Crippen molar-refractivity contribution >= 4 is 28.9 Å². The number of anilines is 3. The van der Waals surface area contributed by atoms with Crippen molar-refractivity contribution in [2.75, 3.05) is 10.2 Å². The fraction of sp³-hybridized carbons (Fsp3) is 0.0909. The Morgan fingerprint density at radius 2 is 1.72 bits per heavy atom. The molecule has 2 aliphatic heterocycles. The van der Waals surface area contributed by atoms with Crippen molar-refractivity contribution in [2.45, 2.75) is 12.3 Å². The van der Waals surface area contributed by atoms with E-state index < -0.39 is 35.2 Å². The van der Waals surface area contributed by atoms with Gasteiger partial charge in [-0.15, -0.1) is 0 Å². The molecule has 3 aromatic carbocycles. The van der Waals surface area contributed by atoms with Gasteiger partial charge in [0, 0.05) is 12.5 Å². The lowest BCUT2D eigenvalue weighted by Crippen LogP contribution is -2.32. The lowest BCUT2D eigenvalue weighted by Gasteiger charge is -2.28. The van der Waals surface area contributed by atoms with E-state index in [1.165, 1.54) is 23.1 Å². The predicted octanol–water partition coefficient (Wildman–Crippen LogP) is 4.41. The molecule has 2 aliphatic rings. The first-order valence-corrected chi connectivity index (χ1v) is 8.94. The van der Waals surface area contributed by atoms with Crippen LogP contribution in [0.4, 0.5) is 30.2 Å². The Kier molecular flexibility index (Phi) is 3.74. The van der Waals surface area contributed by atoms with Crippen LogP contribution in [0.25, 0.3) is 0 Å². The number of halogens is 3. The van der Waals surface area contributed by atoms with Gasteiger partial charge in [0.05, 0.1) is 17.1 Å².